The Morgan fingerprint density at radius 3 is 2.96 bits per heavy atom. The third-order valence-corrected chi connectivity index (χ3v) is 4.33. The molecule has 0 aliphatic rings. The Labute approximate surface area is 149 Å². The number of rotatable bonds is 8. The zero-order valence-electron chi connectivity index (χ0n) is 13.8. The highest BCUT2D eigenvalue weighted by Gasteiger charge is 2.11. The van der Waals surface area contributed by atoms with Gasteiger partial charge in [0.15, 0.2) is 12.4 Å². The van der Waals surface area contributed by atoms with E-state index in [-0.39, 0.29) is 18.3 Å². The predicted molar refractivity (Wildman–Crippen MR) is 92.8 cm³/mol. The number of aromatic nitrogens is 6. The van der Waals surface area contributed by atoms with Gasteiger partial charge in [-0.15, -0.1) is 5.10 Å². The zero-order chi connectivity index (χ0) is 17.5. The minimum Gasteiger partial charge on any atom is -0.457 e. The smallest absolute Gasteiger partial charge is 0.316 e. The number of carbonyl (C=O) groups is 1. The van der Waals surface area contributed by atoms with Gasteiger partial charge in [0.2, 0.25) is 0 Å². The summed E-state index contributed by atoms with van der Waals surface area (Å²) in [5, 5.41) is 12.1. The first-order chi connectivity index (χ1) is 12.3. The highest BCUT2D eigenvalue weighted by molar-refractivity contribution is 7.99. The average Bonchev–Trinajstić information content (AvgIpc) is 3.10. The molecule has 0 aliphatic carbocycles. The highest BCUT2D eigenvalue weighted by Crippen LogP contribution is 2.18. The van der Waals surface area contributed by atoms with Gasteiger partial charge < -0.3 is 4.74 Å². The van der Waals surface area contributed by atoms with Crippen LogP contribution < -0.4 is 0 Å². The molecule has 8 nitrogen and oxygen atoms in total. The maximum absolute atomic E-state index is 11.9. The van der Waals surface area contributed by atoms with E-state index >= 15 is 0 Å². The molecule has 0 N–H and O–H groups in total. The van der Waals surface area contributed by atoms with Gasteiger partial charge in [0.05, 0.1) is 23.0 Å². The van der Waals surface area contributed by atoms with Crippen LogP contribution in [0.3, 0.4) is 0 Å². The van der Waals surface area contributed by atoms with Gasteiger partial charge in [-0.05, 0) is 29.0 Å². The molecule has 0 radical (unpaired) electrons. The van der Waals surface area contributed by atoms with Crippen molar-refractivity contribution in [2.75, 3.05) is 5.75 Å². The first-order valence-electron chi connectivity index (χ1n) is 8.01. The van der Waals surface area contributed by atoms with E-state index in [0.29, 0.717) is 10.9 Å². The summed E-state index contributed by atoms with van der Waals surface area (Å²) in [5.41, 5.74) is 1.63. The third-order valence-electron chi connectivity index (χ3n) is 3.46. The summed E-state index contributed by atoms with van der Waals surface area (Å²) in [6.45, 7) is 2.88. The molecule has 0 bridgehead atoms. The van der Waals surface area contributed by atoms with E-state index in [0.717, 1.165) is 30.4 Å². The standard InChI is InChI=1S/C16H18N6O2S/c1-2-3-8-22-14(19-20-21-22)10-24-16(23)11-25-15-9-17-12-6-4-5-7-13(12)18-15/h4-7,9H,2-3,8,10-11H2,1H3. The summed E-state index contributed by atoms with van der Waals surface area (Å²) < 4.78 is 6.91. The second-order valence-corrected chi connectivity index (χ2v) is 6.31. The van der Waals surface area contributed by atoms with Crippen molar-refractivity contribution >= 4 is 28.8 Å². The van der Waals surface area contributed by atoms with Crippen LogP contribution in [-0.2, 0) is 22.7 Å². The number of fused-ring (bicyclic) bond motifs is 1. The van der Waals surface area contributed by atoms with Gasteiger partial charge in [0.1, 0.15) is 5.03 Å². The molecule has 1 aromatic carbocycles. The zero-order valence-corrected chi connectivity index (χ0v) is 14.6. The quantitative estimate of drug-likeness (QED) is 0.447. The number of nitrogens with zero attached hydrogens (tertiary/aromatic N) is 6. The summed E-state index contributed by atoms with van der Waals surface area (Å²) in [7, 11) is 0. The molecule has 9 heteroatoms. The minimum absolute atomic E-state index is 0.0690. The number of hydrogen-bond donors (Lipinski definition) is 0. The van der Waals surface area contributed by atoms with Gasteiger partial charge in [-0.1, -0.05) is 37.2 Å². The molecule has 0 aliphatic heterocycles. The van der Waals surface area contributed by atoms with Crippen molar-refractivity contribution in [2.45, 2.75) is 37.9 Å². The van der Waals surface area contributed by atoms with E-state index in [4.69, 9.17) is 4.74 Å². The molecule has 0 amide bonds. The number of hydrogen-bond acceptors (Lipinski definition) is 8. The Morgan fingerprint density at radius 2 is 2.12 bits per heavy atom. The Balaban J connectivity index is 1.50. The van der Waals surface area contributed by atoms with Crippen molar-refractivity contribution in [3.8, 4) is 0 Å². The Bertz CT molecular complexity index is 853. The Kier molecular flexibility index (Phi) is 5.89. The van der Waals surface area contributed by atoms with Gasteiger partial charge >= 0.3 is 5.97 Å². The van der Waals surface area contributed by atoms with E-state index in [2.05, 4.69) is 32.4 Å². The molecule has 0 saturated carbocycles. The maximum atomic E-state index is 11.9. The van der Waals surface area contributed by atoms with Crippen molar-refractivity contribution in [1.29, 1.82) is 0 Å². The van der Waals surface area contributed by atoms with Crippen LogP contribution in [0.4, 0.5) is 0 Å². The van der Waals surface area contributed by atoms with Crippen molar-refractivity contribution in [3.05, 3.63) is 36.3 Å². The van der Waals surface area contributed by atoms with Gasteiger partial charge in [-0.2, -0.15) is 0 Å². The van der Waals surface area contributed by atoms with E-state index in [1.54, 1.807) is 10.9 Å². The summed E-state index contributed by atoms with van der Waals surface area (Å²) >= 11 is 1.29. The molecule has 0 atom stereocenters. The van der Waals surface area contributed by atoms with Gasteiger partial charge in [-0.25, -0.2) is 9.67 Å². The molecular formula is C16H18N6O2S. The maximum Gasteiger partial charge on any atom is 0.316 e. The van der Waals surface area contributed by atoms with Gasteiger partial charge in [-0.3, -0.25) is 9.78 Å². The molecule has 25 heavy (non-hydrogen) atoms. The normalized spacial score (nSPS) is 10.9. The second-order valence-electron chi connectivity index (χ2n) is 5.32. The number of ether oxygens (including phenoxy) is 1. The number of tetrazole rings is 1. The van der Waals surface area contributed by atoms with Crippen molar-refractivity contribution < 1.29 is 9.53 Å². The summed E-state index contributed by atoms with van der Waals surface area (Å²) in [6, 6.07) is 7.60. The van der Waals surface area contributed by atoms with Crippen LogP contribution in [-0.4, -0.2) is 41.9 Å². The van der Waals surface area contributed by atoms with Crippen molar-refractivity contribution in [3.63, 3.8) is 0 Å². The molecule has 3 aromatic rings. The van der Waals surface area contributed by atoms with Crippen molar-refractivity contribution in [2.24, 2.45) is 0 Å². The lowest BCUT2D eigenvalue weighted by molar-refractivity contribution is -0.142. The molecule has 2 aromatic heterocycles. The lowest BCUT2D eigenvalue weighted by atomic mass is 10.3. The lowest BCUT2D eigenvalue weighted by Crippen LogP contribution is -2.12. The highest BCUT2D eigenvalue weighted by atomic mass is 32.2. The van der Waals surface area contributed by atoms with Crippen LogP contribution in [0.5, 0.6) is 0 Å². The number of esters is 1. The topological polar surface area (TPSA) is 95.7 Å². The molecule has 2 heterocycles. The van der Waals surface area contributed by atoms with Gasteiger partial charge in [0.25, 0.3) is 0 Å². The predicted octanol–water partition coefficient (Wildman–Crippen LogP) is 2.25. The fraction of sp³-hybridized carbons (Fsp3) is 0.375. The number of para-hydroxylation sites is 2. The fourth-order valence-electron chi connectivity index (χ4n) is 2.14. The van der Waals surface area contributed by atoms with Crippen LogP contribution in [0.2, 0.25) is 0 Å². The molecule has 3 rings (SSSR count). The lowest BCUT2D eigenvalue weighted by Gasteiger charge is -2.05. The molecule has 0 spiro atoms. The summed E-state index contributed by atoms with van der Waals surface area (Å²) in [6.07, 6.45) is 3.68. The summed E-state index contributed by atoms with van der Waals surface area (Å²) in [5.74, 6) is 0.367. The molecule has 130 valence electrons. The van der Waals surface area contributed by atoms with Crippen LogP contribution in [0.1, 0.15) is 25.6 Å². The van der Waals surface area contributed by atoms with Crippen LogP contribution in [0.15, 0.2) is 35.5 Å². The SMILES string of the molecule is CCCCn1nnnc1COC(=O)CSc1cnc2ccccc2n1. The summed E-state index contributed by atoms with van der Waals surface area (Å²) in [4.78, 5) is 20.7. The van der Waals surface area contributed by atoms with Crippen LogP contribution in [0.25, 0.3) is 11.0 Å². The first-order valence-corrected chi connectivity index (χ1v) is 9.00. The Morgan fingerprint density at radius 1 is 1.28 bits per heavy atom. The third kappa shape index (κ3) is 4.72. The monoisotopic (exact) mass is 358 g/mol. The van der Waals surface area contributed by atoms with E-state index in [1.165, 1.54) is 11.8 Å². The van der Waals surface area contributed by atoms with E-state index in [1.807, 2.05) is 24.3 Å². The van der Waals surface area contributed by atoms with E-state index in [9.17, 15) is 4.79 Å². The molecule has 0 saturated heterocycles. The Hall–Kier alpha value is -2.55. The number of carbonyl (C=O) groups excluding carboxylic acids is 1. The second kappa shape index (κ2) is 8.52. The fourth-order valence-corrected chi connectivity index (χ4v) is 2.78. The van der Waals surface area contributed by atoms with Crippen LogP contribution in [0, 0.1) is 0 Å². The number of benzene rings is 1. The van der Waals surface area contributed by atoms with Crippen molar-refractivity contribution in [1.82, 2.24) is 30.2 Å². The van der Waals surface area contributed by atoms with Gasteiger partial charge in [0, 0.05) is 6.54 Å². The molecule has 0 fully saturated rings. The minimum atomic E-state index is -0.343. The number of unbranched alkanes of at least 4 members (excludes halogenated alkanes) is 1. The van der Waals surface area contributed by atoms with Crippen LogP contribution >= 0.6 is 11.8 Å². The average molecular weight is 358 g/mol. The molecular weight excluding hydrogens is 340 g/mol. The van der Waals surface area contributed by atoms with E-state index < -0.39 is 0 Å². The number of aryl methyl sites for hydroxylation is 1. The molecule has 0 unspecified atom stereocenters. The first kappa shape index (κ1) is 17.3. The number of thioether (sulfide) groups is 1. The largest absolute Gasteiger partial charge is 0.457 e.